The van der Waals surface area contributed by atoms with Gasteiger partial charge >= 0.3 is 0 Å². The van der Waals surface area contributed by atoms with Crippen molar-refractivity contribution in [2.45, 2.75) is 18.8 Å². The van der Waals surface area contributed by atoms with Crippen LogP contribution in [0.4, 0.5) is 0 Å². The number of rotatable bonds is 1. The Balaban J connectivity index is 2.31. The van der Waals surface area contributed by atoms with E-state index >= 15 is 0 Å². The standard InChI is InChI=1S/C9H9BrO2/c1-6-9(11,12-6)7-2-4-8(10)5-3-7/h2-6,11H,1H3/t6?,9-/m0/s1. The smallest absolute Gasteiger partial charge is 0.219 e. The molecule has 0 saturated carbocycles. The van der Waals surface area contributed by atoms with Gasteiger partial charge in [-0.3, -0.25) is 0 Å². The van der Waals surface area contributed by atoms with Gasteiger partial charge in [0.05, 0.1) is 0 Å². The lowest BCUT2D eigenvalue weighted by Gasteiger charge is -2.04. The molecule has 3 heteroatoms. The second-order valence-electron chi connectivity index (χ2n) is 2.96. The summed E-state index contributed by atoms with van der Waals surface area (Å²) in [6, 6.07) is 7.49. The van der Waals surface area contributed by atoms with Crippen molar-refractivity contribution in [2.75, 3.05) is 0 Å². The SMILES string of the molecule is CC1O[C@]1(O)c1ccc(Br)cc1. The minimum absolute atomic E-state index is 0.0846. The molecule has 1 heterocycles. The zero-order chi connectivity index (χ0) is 8.77. The molecular formula is C9H9BrO2. The second-order valence-corrected chi connectivity index (χ2v) is 3.88. The average molecular weight is 229 g/mol. The van der Waals surface area contributed by atoms with Gasteiger partial charge < -0.3 is 9.84 Å². The summed E-state index contributed by atoms with van der Waals surface area (Å²) in [5.41, 5.74) is 0.818. The third-order valence-electron chi connectivity index (χ3n) is 2.11. The quantitative estimate of drug-likeness (QED) is 0.747. The van der Waals surface area contributed by atoms with Crippen LogP contribution in [0.1, 0.15) is 12.5 Å². The first-order valence-corrected chi connectivity index (χ1v) is 4.58. The van der Waals surface area contributed by atoms with E-state index in [0.29, 0.717) is 0 Å². The summed E-state index contributed by atoms with van der Waals surface area (Å²) in [5, 5.41) is 9.72. The van der Waals surface area contributed by atoms with E-state index in [4.69, 9.17) is 4.74 Å². The molecule has 1 aromatic carbocycles. The van der Waals surface area contributed by atoms with E-state index in [2.05, 4.69) is 15.9 Å². The summed E-state index contributed by atoms with van der Waals surface area (Å²) in [5.74, 6) is -1.03. The maximum atomic E-state index is 9.72. The molecule has 2 atom stereocenters. The van der Waals surface area contributed by atoms with E-state index < -0.39 is 5.79 Å². The van der Waals surface area contributed by atoms with E-state index in [0.717, 1.165) is 10.0 Å². The van der Waals surface area contributed by atoms with Crippen molar-refractivity contribution >= 4 is 15.9 Å². The first kappa shape index (κ1) is 8.23. The van der Waals surface area contributed by atoms with Gasteiger partial charge in [0.25, 0.3) is 0 Å². The van der Waals surface area contributed by atoms with Gasteiger partial charge in [0.1, 0.15) is 6.10 Å². The zero-order valence-corrected chi connectivity index (χ0v) is 8.21. The summed E-state index contributed by atoms with van der Waals surface area (Å²) >= 11 is 3.33. The summed E-state index contributed by atoms with van der Waals surface area (Å²) in [7, 11) is 0. The maximum absolute atomic E-state index is 9.72. The van der Waals surface area contributed by atoms with Crippen LogP contribution >= 0.6 is 15.9 Å². The largest absolute Gasteiger partial charge is 0.360 e. The Kier molecular flexibility index (Phi) is 1.75. The molecule has 2 nitrogen and oxygen atoms in total. The van der Waals surface area contributed by atoms with Crippen molar-refractivity contribution in [1.82, 2.24) is 0 Å². The fourth-order valence-electron chi connectivity index (χ4n) is 1.23. The third-order valence-corrected chi connectivity index (χ3v) is 2.64. The van der Waals surface area contributed by atoms with Crippen LogP contribution in [0.2, 0.25) is 0 Å². The van der Waals surface area contributed by atoms with Crippen LogP contribution in [0.25, 0.3) is 0 Å². The molecule has 1 aliphatic heterocycles. The Morgan fingerprint density at radius 3 is 2.33 bits per heavy atom. The fourth-order valence-corrected chi connectivity index (χ4v) is 1.49. The number of epoxide rings is 1. The van der Waals surface area contributed by atoms with Crippen LogP contribution in [0.5, 0.6) is 0 Å². The molecule has 1 N–H and O–H groups in total. The lowest BCUT2D eigenvalue weighted by atomic mass is 10.1. The monoisotopic (exact) mass is 228 g/mol. The van der Waals surface area contributed by atoms with Gasteiger partial charge in [-0.15, -0.1) is 0 Å². The third kappa shape index (κ3) is 1.18. The summed E-state index contributed by atoms with van der Waals surface area (Å²) < 4.78 is 6.07. The van der Waals surface area contributed by atoms with Crippen molar-refractivity contribution in [3.8, 4) is 0 Å². The first-order chi connectivity index (χ1) is 5.63. The normalized spacial score (nSPS) is 33.4. The molecule has 64 valence electrons. The minimum Gasteiger partial charge on any atom is -0.360 e. The summed E-state index contributed by atoms with van der Waals surface area (Å²) in [6.07, 6.45) is -0.0846. The first-order valence-electron chi connectivity index (χ1n) is 3.79. The highest BCUT2D eigenvalue weighted by atomic mass is 79.9. The van der Waals surface area contributed by atoms with Gasteiger partial charge in [-0.25, -0.2) is 0 Å². The molecule has 0 aromatic heterocycles. The molecule has 0 radical (unpaired) electrons. The molecule has 1 unspecified atom stereocenters. The van der Waals surface area contributed by atoms with E-state index in [1.165, 1.54) is 0 Å². The van der Waals surface area contributed by atoms with E-state index in [1.807, 2.05) is 31.2 Å². The molecular weight excluding hydrogens is 220 g/mol. The van der Waals surface area contributed by atoms with Crippen LogP contribution < -0.4 is 0 Å². The number of ether oxygens (including phenoxy) is 1. The number of hydrogen-bond acceptors (Lipinski definition) is 2. The summed E-state index contributed by atoms with van der Waals surface area (Å²) in [6.45, 7) is 1.85. The fraction of sp³-hybridized carbons (Fsp3) is 0.333. The predicted octanol–water partition coefficient (Wildman–Crippen LogP) is 2.01. The Morgan fingerprint density at radius 2 is 1.92 bits per heavy atom. The van der Waals surface area contributed by atoms with Gasteiger partial charge in [-0.05, 0) is 19.1 Å². The zero-order valence-electron chi connectivity index (χ0n) is 6.62. The Bertz CT molecular complexity index is 296. The van der Waals surface area contributed by atoms with Gasteiger partial charge in [0, 0.05) is 10.0 Å². The molecule has 0 aliphatic carbocycles. The van der Waals surface area contributed by atoms with Gasteiger partial charge in [0.2, 0.25) is 5.79 Å². The maximum Gasteiger partial charge on any atom is 0.219 e. The molecule has 0 spiro atoms. The van der Waals surface area contributed by atoms with Gasteiger partial charge in [-0.2, -0.15) is 0 Å². The van der Waals surface area contributed by atoms with Crippen LogP contribution in [0.15, 0.2) is 28.7 Å². The molecule has 2 rings (SSSR count). The van der Waals surface area contributed by atoms with Crippen LogP contribution in [0.3, 0.4) is 0 Å². The Labute approximate surface area is 79.3 Å². The van der Waals surface area contributed by atoms with Crippen molar-refractivity contribution in [2.24, 2.45) is 0 Å². The number of aliphatic hydroxyl groups is 1. The van der Waals surface area contributed by atoms with Gasteiger partial charge in [0.15, 0.2) is 0 Å². The van der Waals surface area contributed by atoms with E-state index in [-0.39, 0.29) is 6.10 Å². The molecule has 1 aromatic rings. The molecule has 0 bridgehead atoms. The number of halogens is 1. The Morgan fingerprint density at radius 1 is 1.42 bits per heavy atom. The summed E-state index contributed by atoms with van der Waals surface area (Å²) in [4.78, 5) is 0. The number of hydrogen-bond donors (Lipinski definition) is 1. The highest BCUT2D eigenvalue weighted by molar-refractivity contribution is 9.10. The lowest BCUT2D eigenvalue weighted by Crippen LogP contribution is -2.09. The van der Waals surface area contributed by atoms with E-state index in [9.17, 15) is 5.11 Å². The average Bonchev–Trinajstić information content (AvgIpc) is 2.62. The topological polar surface area (TPSA) is 32.8 Å². The molecule has 12 heavy (non-hydrogen) atoms. The van der Waals surface area contributed by atoms with Crippen LogP contribution in [-0.2, 0) is 10.5 Å². The van der Waals surface area contributed by atoms with Crippen molar-refractivity contribution < 1.29 is 9.84 Å². The van der Waals surface area contributed by atoms with Crippen LogP contribution in [0, 0.1) is 0 Å². The van der Waals surface area contributed by atoms with Crippen molar-refractivity contribution in [1.29, 1.82) is 0 Å². The number of benzene rings is 1. The van der Waals surface area contributed by atoms with Crippen molar-refractivity contribution in [3.63, 3.8) is 0 Å². The Hall–Kier alpha value is -0.380. The van der Waals surface area contributed by atoms with Crippen molar-refractivity contribution in [3.05, 3.63) is 34.3 Å². The lowest BCUT2D eigenvalue weighted by molar-refractivity contribution is 0.0333. The second kappa shape index (κ2) is 2.55. The highest BCUT2D eigenvalue weighted by Gasteiger charge is 2.53. The molecule has 1 saturated heterocycles. The molecule has 1 aliphatic rings. The highest BCUT2D eigenvalue weighted by Crippen LogP contribution is 2.43. The van der Waals surface area contributed by atoms with E-state index in [1.54, 1.807) is 0 Å². The molecule has 0 amide bonds. The molecule has 1 fully saturated rings. The van der Waals surface area contributed by atoms with Crippen LogP contribution in [-0.4, -0.2) is 11.2 Å². The minimum atomic E-state index is -1.03. The predicted molar refractivity (Wildman–Crippen MR) is 48.6 cm³/mol. The van der Waals surface area contributed by atoms with Gasteiger partial charge in [-0.1, -0.05) is 28.1 Å².